The van der Waals surface area contributed by atoms with Gasteiger partial charge < -0.3 is 5.32 Å². The molecule has 0 spiro atoms. The summed E-state index contributed by atoms with van der Waals surface area (Å²) in [7, 11) is -2.79. The Morgan fingerprint density at radius 3 is 2.94 bits per heavy atom. The molecular weight excluding hydrogens is 294 g/mol. The summed E-state index contributed by atoms with van der Waals surface area (Å²) in [4.78, 5) is 7.95. The molecule has 1 aromatic heterocycles. The first-order valence-electron chi connectivity index (χ1n) is 4.97. The molecule has 1 unspecified atom stereocenters. The van der Waals surface area contributed by atoms with Crippen molar-refractivity contribution in [2.24, 2.45) is 5.92 Å². The van der Waals surface area contributed by atoms with Crippen molar-refractivity contribution in [1.82, 2.24) is 9.97 Å². The van der Waals surface area contributed by atoms with Crippen LogP contribution < -0.4 is 5.32 Å². The number of nitrogens with one attached hydrogen (secondary N) is 1. The second-order valence-electron chi connectivity index (χ2n) is 3.88. The van der Waals surface area contributed by atoms with Crippen LogP contribution in [0.2, 0.25) is 0 Å². The quantitative estimate of drug-likeness (QED) is 0.846. The predicted octanol–water partition coefficient (Wildman–Crippen LogP) is 1.09. The Morgan fingerprint density at radius 2 is 2.31 bits per heavy atom. The molecular formula is C9H12BrN3O2S. The third-order valence-corrected chi connectivity index (χ3v) is 4.80. The van der Waals surface area contributed by atoms with E-state index in [0.29, 0.717) is 22.7 Å². The molecule has 1 aliphatic heterocycles. The minimum Gasteiger partial charge on any atom is -0.370 e. The van der Waals surface area contributed by atoms with E-state index in [1.807, 2.05) is 0 Å². The van der Waals surface area contributed by atoms with Gasteiger partial charge in [0.1, 0.15) is 16.7 Å². The maximum Gasteiger partial charge on any atom is 0.150 e. The Balaban J connectivity index is 1.89. The van der Waals surface area contributed by atoms with E-state index >= 15 is 0 Å². The second-order valence-corrected chi connectivity index (χ2v) is 6.92. The topological polar surface area (TPSA) is 72.0 Å². The summed E-state index contributed by atoms with van der Waals surface area (Å²) in [5.74, 6) is 1.50. The molecule has 1 fully saturated rings. The highest BCUT2D eigenvalue weighted by Crippen LogP contribution is 2.19. The molecule has 2 rings (SSSR count). The van der Waals surface area contributed by atoms with E-state index in [9.17, 15) is 8.42 Å². The fraction of sp³-hybridized carbons (Fsp3) is 0.556. The molecule has 88 valence electrons. The molecule has 0 bridgehead atoms. The van der Waals surface area contributed by atoms with Crippen molar-refractivity contribution >= 4 is 31.6 Å². The van der Waals surface area contributed by atoms with Crippen molar-refractivity contribution in [3.05, 3.63) is 17.0 Å². The number of anilines is 1. The van der Waals surface area contributed by atoms with Gasteiger partial charge >= 0.3 is 0 Å². The summed E-state index contributed by atoms with van der Waals surface area (Å²) in [5.41, 5.74) is 0. The van der Waals surface area contributed by atoms with Crippen LogP contribution in [0.3, 0.4) is 0 Å². The molecule has 1 atom stereocenters. The first-order valence-corrected chi connectivity index (χ1v) is 7.58. The number of sulfone groups is 1. The zero-order valence-corrected chi connectivity index (χ0v) is 11.0. The van der Waals surface area contributed by atoms with Crippen LogP contribution in [0.4, 0.5) is 5.82 Å². The number of nitrogens with zero attached hydrogens (tertiary/aromatic N) is 2. The van der Waals surface area contributed by atoms with Gasteiger partial charge in [-0.2, -0.15) is 0 Å². The Labute approximate surface area is 103 Å². The monoisotopic (exact) mass is 305 g/mol. The van der Waals surface area contributed by atoms with Gasteiger partial charge in [0, 0.05) is 12.6 Å². The van der Waals surface area contributed by atoms with Crippen LogP contribution in [-0.4, -0.2) is 36.4 Å². The van der Waals surface area contributed by atoms with E-state index in [0.717, 1.165) is 6.42 Å². The maximum atomic E-state index is 11.2. The van der Waals surface area contributed by atoms with Gasteiger partial charge in [0.15, 0.2) is 9.84 Å². The molecule has 1 N–H and O–H groups in total. The zero-order chi connectivity index (χ0) is 11.6. The van der Waals surface area contributed by atoms with E-state index in [1.54, 1.807) is 6.07 Å². The van der Waals surface area contributed by atoms with Gasteiger partial charge in [0.05, 0.1) is 11.5 Å². The molecule has 0 saturated carbocycles. The van der Waals surface area contributed by atoms with Crippen LogP contribution in [0.1, 0.15) is 6.42 Å². The Morgan fingerprint density at radius 1 is 1.50 bits per heavy atom. The molecule has 5 nitrogen and oxygen atoms in total. The number of hydrogen-bond acceptors (Lipinski definition) is 5. The van der Waals surface area contributed by atoms with E-state index in [-0.39, 0.29) is 11.7 Å². The zero-order valence-electron chi connectivity index (χ0n) is 8.56. The third-order valence-electron chi connectivity index (χ3n) is 2.53. The molecule has 0 aromatic carbocycles. The first kappa shape index (κ1) is 11.8. The molecule has 0 radical (unpaired) electrons. The van der Waals surface area contributed by atoms with Gasteiger partial charge in [-0.1, -0.05) is 0 Å². The molecule has 0 aliphatic carbocycles. The van der Waals surface area contributed by atoms with Crippen molar-refractivity contribution in [3.8, 4) is 0 Å². The van der Waals surface area contributed by atoms with E-state index in [4.69, 9.17) is 0 Å². The molecule has 16 heavy (non-hydrogen) atoms. The summed E-state index contributed by atoms with van der Waals surface area (Å²) in [6.07, 6.45) is 2.19. The average molecular weight is 306 g/mol. The Kier molecular flexibility index (Phi) is 3.44. The first-order chi connectivity index (χ1) is 7.55. The highest BCUT2D eigenvalue weighted by atomic mass is 79.9. The normalized spacial score (nSPS) is 23.2. The van der Waals surface area contributed by atoms with Crippen LogP contribution in [0.5, 0.6) is 0 Å². The Hall–Kier alpha value is -0.690. The minimum atomic E-state index is -2.79. The van der Waals surface area contributed by atoms with Crippen molar-refractivity contribution in [2.75, 3.05) is 23.4 Å². The SMILES string of the molecule is O=S1(=O)CCC(CNc2cc(Br)ncn2)C1. The summed E-state index contributed by atoms with van der Waals surface area (Å²) < 4.78 is 23.2. The van der Waals surface area contributed by atoms with Gasteiger partial charge in [-0.05, 0) is 28.3 Å². The highest BCUT2D eigenvalue weighted by molar-refractivity contribution is 9.10. The lowest BCUT2D eigenvalue weighted by atomic mass is 10.1. The van der Waals surface area contributed by atoms with Gasteiger partial charge in [0.2, 0.25) is 0 Å². The lowest BCUT2D eigenvalue weighted by Gasteiger charge is -2.09. The summed E-state index contributed by atoms with van der Waals surface area (Å²) in [5, 5.41) is 3.12. The second kappa shape index (κ2) is 4.67. The van der Waals surface area contributed by atoms with Crippen LogP contribution >= 0.6 is 15.9 Å². The average Bonchev–Trinajstić information content (AvgIpc) is 2.56. The Bertz CT molecular complexity index is 477. The van der Waals surface area contributed by atoms with Crippen molar-refractivity contribution in [2.45, 2.75) is 6.42 Å². The fourth-order valence-corrected chi connectivity index (χ4v) is 3.88. The van der Waals surface area contributed by atoms with E-state index in [2.05, 4.69) is 31.2 Å². The number of rotatable bonds is 3. The molecule has 1 aromatic rings. The molecule has 1 aliphatic rings. The van der Waals surface area contributed by atoms with Crippen molar-refractivity contribution in [3.63, 3.8) is 0 Å². The number of hydrogen-bond donors (Lipinski definition) is 1. The third kappa shape index (κ3) is 3.15. The van der Waals surface area contributed by atoms with Gasteiger partial charge in [0.25, 0.3) is 0 Å². The van der Waals surface area contributed by atoms with Gasteiger partial charge in [-0.3, -0.25) is 0 Å². The van der Waals surface area contributed by atoms with Crippen LogP contribution in [0, 0.1) is 5.92 Å². The lowest BCUT2D eigenvalue weighted by Crippen LogP contribution is -2.16. The summed E-state index contributed by atoms with van der Waals surface area (Å²) in [6.45, 7) is 0.642. The molecule has 7 heteroatoms. The lowest BCUT2D eigenvalue weighted by molar-refractivity contribution is 0.595. The minimum absolute atomic E-state index is 0.193. The predicted molar refractivity (Wildman–Crippen MR) is 65.0 cm³/mol. The number of aromatic nitrogens is 2. The number of halogens is 1. The smallest absolute Gasteiger partial charge is 0.150 e. The fourth-order valence-electron chi connectivity index (χ4n) is 1.71. The standard InChI is InChI=1S/C9H12BrN3O2S/c10-8-3-9(13-6-12-8)11-4-7-1-2-16(14,15)5-7/h3,6-7H,1-2,4-5H2,(H,11,12,13). The van der Waals surface area contributed by atoms with Crippen molar-refractivity contribution in [1.29, 1.82) is 0 Å². The van der Waals surface area contributed by atoms with Crippen molar-refractivity contribution < 1.29 is 8.42 Å². The summed E-state index contributed by atoms with van der Waals surface area (Å²) in [6, 6.07) is 1.77. The van der Waals surface area contributed by atoms with Crippen LogP contribution in [0.15, 0.2) is 17.0 Å². The highest BCUT2D eigenvalue weighted by Gasteiger charge is 2.27. The van der Waals surface area contributed by atoms with Crippen LogP contribution in [0.25, 0.3) is 0 Å². The van der Waals surface area contributed by atoms with E-state index in [1.165, 1.54) is 6.33 Å². The van der Waals surface area contributed by atoms with Gasteiger partial charge in [-0.25, -0.2) is 18.4 Å². The van der Waals surface area contributed by atoms with Gasteiger partial charge in [-0.15, -0.1) is 0 Å². The largest absolute Gasteiger partial charge is 0.370 e. The summed E-state index contributed by atoms with van der Waals surface area (Å²) >= 11 is 3.25. The maximum absolute atomic E-state index is 11.2. The molecule has 1 saturated heterocycles. The molecule has 2 heterocycles. The van der Waals surface area contributed by atoms with E-state index < -0.39 is 9.84 Å². The van der Waals surface area contributed by atoms with Crippen LogP contribution in [-0.2, 0) is 9.84 Å². The molecule has 0 amide bonds.